The van der Waals surface area contributed by atoms with Crippen LogP contribution in [0.5, 0.6) is 0 Å². The maximum Gasteiger partial charge on any atom is 0.147 e. The lowest BCUT2D eigenvalue weighted by molar-refractivity contribution is 0.908. The summed E-state index contributed by atoms with van der Waals surface area (Å²) in [6.07, 6.45) is 0.829. The monoisotopic (exact) mass is 131 g/mol. The van der Waals surface area contributed by atoms with Gasteiger partial charge in [-0.15, -0.1) is 5.10 Å². The molecule has 0 aliphatic heterocycles. The van der Waals surface area contributed by atoms with Gasteiger partial charge < -0.3 is 0 Å². The van der Waals surface area contributed by atoms with Crippen molar-refractivity contribution in [2.75, 3.05) is 0 Å². The van der Waals surface area contributed by atoms with Crippen molar-refractivity contribution in [3.05, 3.63) is 10.8 Å². The van der Waals surface area contributed by atoms with E-state index in [0.717, 1.165) is 12.1 Å². The highest BCUT2D eigenvalue weighted by Crippen LogP contribution is 2.06. The van der Waals surface area contributed by atoms with Crippen LogP contribution >= 0.6 is 11.6 Å². The Morgan fingerprint density at radius 1 is 1.75 bits per heavy atom. The van der Waals surface area contributed by atoms with Crippen LogP contribution in [0, 0.1) is 0 Å². The summed E-state index contributed by atoms with van der Waals surface area (Å²) in [4.78, 5) is 0. The lowest BCUT2D eigenvalue weighted by Crippen LogP contribution is -1.78. The third-order valence-corrected chi connectivity index (χ3v) is 1.21. The van der Waals surface area contributed by atoms with Gasteiger partial charge in [-0.25, -0.2) is 5.10 Å². The first-order valence-corrected chi connectivity index (χ1v) is 2.77. The zero-order valence-corrected chi connectivity index (χ0v) is 5.24. The number of rotatable bonds is 1. The normalized spacial score (nSPS) is 9.75. The van der Waals surface area contributed by atoms with Gasteiger partial charge in [-0.05, 0) is 6.42 Å². The first-order chi connectivity index (χ1) is 3.84. The van der Waals surface area contributed by atoms with E-state index in [4.69, 9.17) is 11.6 Å². The molecule has 8 heavy (non-hydrogen) atoms. The van der Waals surface area contributed by atoms with Crippen molar-refractivity contribution >= 4 is 11.6 Å². The fourth-order valence-electron chi connectivity index (χ4n) is 0.464. The third-order valence-electron chi connectivity index (χ3n) is 0.907. The van der Waals surface area contributed by atoms with E-state index in [1.54, 1.807) is 0 Å². The Bertz CT molecular complexity index is 172. The zero-order valence-electron chi connectivity index (χ0n) is 4.48. The average Bonchev–Trinajstić information content (AvgIpc) is 2.14. The van der Waals surface area contributed by atoms with Gasteiger partial charge in [0.05, 0.1) is 0 Å². The SMILES string of the molecule is CCc1nn[nH]c1Cl. The molecule has 1 N–H and O–H groups in total. The van der Waals surface area contributed by atoms with Crippen molar-refractivity contribution in [2.24, 2.45) is 0 Å². The lowest BCUT2D eigenvalue weighted by Gasteiger charge is -1.81. The maximum absolute atomic E-state index is 5.56. The summed E-state index contributed by atoms with van der Waals surface area (Å²) in [6.45, 7) is 1.98. The van der Waals surface area contributed by atoms with Crippen LogP contribution in [0.25, 0.3) is 0 Å². The third kappa shape index (κ3) is 0.816. The summed E-state index contributed by atoms with van der Waals surface area (Å²) >= 11 is 5.56. The zero-order chi connectivity index (χ0) is 5.98. The van der Waals surface area contributed by atoms with Crippen molar-refractivity contribution in [2.45, 2.75) is 13.3 Å². The summed E-state index contributed by atoms with van der Waals surface area (Å²) in [5, 5.41) is 10.3. The highest BCUT2D eigenvalue weighted by Gasteiger charge is 1.97. The van der Waals surface area contributed by atoms with Crippen LogP contribution in [0.2, 0.25) is 5.15 Å². The van der Waals surface area contributed by atoms with E-state index in [1.165, 1.54) is 0 Å². The highest BCUT2D eigenvalue weighted by atomic mass is 35.5. The van der Waals surface area contributed by atoms with Crippen molar-refractivity contribution in [3.63, 3.8) is 0 Å². The van der Waals surface area contributed by atoms with Crippen LogP contribution < -0.4 is 0 Å². The number of aromatic amines is 1. The summed E-state index contributed by atoms with van der Waals surface area (Å²) in [5.41, 5.74) is 0.826. The first-order valence-electron chi connectivity index (χ1n) is 2.40. The summed E-state index contributed by atoms with van der Waals surface area (Å²) in [5.74, 6) is 0. The molecule has 0 unspecified atom stereocenters. The second kappa shape index (κ2) is 2.13. The van der Waals surface area contributed by atoms with Gasteiger partial charge in [-0.1, -0.05) is 23.7 Å². The van der Waals surface area contributed by atoms with Gasteiger partial charge in [0.25, 0.3) is 0 Å². The predicted molar refractivity (Wildman–Crippen MR) is 30.8 cm³/mol. The molecule has 0 amide bonds. The fourth-order valence-corrected chi connectivity index (χ4v) is 0.673. The molecule has 0 spiro atoms. The Kier molecular flexibility index (Phi) is 1.48. The quantitative estimate of drug-likeness (QED) is 0.618. The minimum Gasteiger partial charge on any atom is -0.247 e. The molecule has 1 aromatic rings. The predicted octanol–water partition coefficient (Wildman–Crippen LogP) is 1.02. The molecule has 1 heterocycles. The Labute approximate surface area is 52.0 Å². The molecular weight excluding hydrogens is 126 g/mol. The van der Waals surface area contributed by atoms with Crippen LogP contribution in [0.15, 0.2) is 0 Å². The van der Waals surface area contributed by atoms with Gasteiger partial charge in [0.2, 0.25) is 0 Å². The average molecular weight is 132 g/mol. The van der Waals surface area contributed by atoms with Crippen LogP contribution in [-0.2, 0) is 6.42 Å². The Balaban J connectivity index is 2.92. The first kappa shape index (κ1) is 5.56. The molecule has 44 valence electrons. The van der Waals surface area contributed by atoms with Gasteiger partial charge in [0.15, 0.2) is 0 Å². The number of aromatic nitrogens is 3. The smallest absolute Gasteiger partial charge is 0.147 e. The van der Waals surface area contributed by atoms with Crippen LogP contribution in [0.1, 0.15) is 12.6 Å². The van der Waals surface area contributed by atoms with Crippen molar-refractivity contribution in [1.29, 1.82) is 0 Å². The summed E-state index contributed by atoms with van der Waals surface area (Å²) < 4.78 is 0. The molecule has 0 saturated carbocycles. The molecule has 1 rings (SSSR count). The van der Waals surface area contributed by atoms with E-state index < -0.39 is 0 Å². The van der Waals surface area contributed by atoms with Gasteiger partial charge in [-0.2, -0.15) is 0 Å². The van der Waals surface area contributed by atoms with Gasteiger partial charge in [0, 0.05) is 0 Å². The number of hydrogen-bond donors (Lipinski definition) is 1. The van der Waals surface area contributed by atoms with Crippen molar-refractivity contribution < 1.29 is 0 Å². The van der Waals surface area contributed by atoms with Crippen LogP contribution in [-0.4, -0.2) is 15.4 Å². The van der Waals surface area contributed by atoms with E-state index >= 15 is 0 Å². The van der Waals surface area contributed by atoms with E-state index in [-0.39, 0.29) is 0 Å². The number of halogens is 1. The van der Waals surface area contributed by atoms with E-state index in [0.29, 0.717) is 5.15 Å². The molecule has 0 fully saturated rings. The molecular formula is C4H6ClN3. The minimum atomic E-state index is 0.549. The second-order valence-corrected chi connectivity index (χ2v) is 1.80. The molecule has 0 saturated heterocycles. The topological polar surface area (TPSA) is 41.6 Å². The van der Waals surface area contributed by atoms with E-state index in [1.807, 2.05) is 6.92 Å². The second-order valence-electron chi connectivity index (χ2n) is 1.43. The van der Waals surface area contributed by atoms with Crippen LogP contribution in [0.3, 0.4) is 0 Å². The number of nitrogens with zero attached hydrogens (tertiary/aromatic N) is 2. The molecule has 0 atom stereocenters. The van der Waals surface area contributed by atoms with E-state index in [9.17, 15) is 0 Å². The molecule has 0 aliphatic rings. The molecule has 1 aromatic heterocycles. The lowest BCUT2D eigenvalue weighted by atomic mass is 10.4. The minimum absolute atomic E-state index is 0.549. The molecule has 4 heteroatoms. The number of aryl methyl sites for hydroxylation is 1. The largest absolute Gasteiger partial charge is 0.247 e. The van der Waals surface area contributed by atoms with Gasteiger partial charge in [0.1, 0.15) is 10.8 Å². The number of hydrogen-bond acceptors (Lipinski definition) is 2. The molecule has 3 nitrogen and oxygen atoms in total. The van der Waals surface area contributed by atoms with Gasteiger partial charge >= 0.3 is 0 Å². The van der Waals surface area contributed by atoms with Crippen LogP contribution in [0.4, 0.5) is 0 Å². The Morgan fingerprint density at radius 3 is 2.75 bits per heavy atom. The molecule has 0 aromatic carbocycles. The Hall–Kier alpha value is -0.570. The Morgan fingerprint density at radius 2 is 2.50 bits per heavy atom. The standard InChI is InChI=1S/C4H6ClN3/c1-2-3-4(5)7-8-6-3/h2H2,1H3,(H,6,7,8). The molecule has 0 bridgehead atoms. The van der Waals surface area contributed by atoms with Crippen molar-refractivity contribution in [3.8, 4) is 0 Å². The van der Waals surface area contributed by atoms with E-state index in [2.05, 4.69) is 15.4 Å². The van der Waals surface area contributed by atoms with Gasteiger partial charge in [-0.3, -0.25) is 0 Å². The number of H-pyrrole nitrogens is 1. The summed E-state index contributed by atoms with van der Waals surface area (Å²) in [6, 6.07) is 0. The highest BCUT2D eigenvalue weighted by molar-refractivity contribution is 6.29. The molecule has 0 aliphatic carbocycles. The summed E-state index contributed by atoms with van der Waals surface area (Å²) in [7, 11) is 0. The fraction of sp³-hybridized carbons (Fsp3) is 0.500. The van der Waals surface area contributed by atoms with Crippen molar-refractivity contribution in [1.82, 2.24) is 15.4 Å². The number of nitrogens with one attached hydrogen (secondary N) is 1. The maximum atomic E-state index is 5.56. The molecule has 0 radical (unpaired) electrons.